The van der Waals surface area contributed by atoms with Crippen molar-refractivity contribution in [1.29, 1.82) is 0 Å². The molecule has 2 aromatic rings. The molecule has 0 unspecified atom stereocenters. The van der Waals surface area contributed by atoms with E-state index in [2.05, 4.69) is 17.4 Å². The summed E-state index contributed by atoms with van der Waals surface area (Å²) in [5, 5.41) is 3.16. The Morgan fingerprint density at radius 1 is 1.07 bits per heavy atom. The van der Waals surface area contributed by atoms with Crippen molar-refractivity contribution < 1.29 is 13.2 Å². The molecule has 1 aliphatic carbocycles. The van der Waals surface area contributed by atoms with Crippen LogP contribution in [0.4, 0.5) is 0 Å². The number of rotatable bonds is 4. The zero-order valence-corrected chi connectivity index (χ0v) is 16.9. The van der Waals surface area contributed by atoms with E-state index in [0.29, 0.717) is 17.9 Å². The molecule has 0 bridgehead atoms. The number of sulfonamides is 1. The molecule has 0 saturated carbocycles. The number of amides is 1. The first-order valence-electron chi connectivity index (χ1n) is 9.90. The van der Waals surface area contributed by atoms with Crippen LogP contribution in [0.25, 0.3) is 0 Å². The zero-order valence-electron chi connectivity index (χ0n) is 16.1. The fraction of sp³-hybridized carbons (Fsp3) is 0.409. The highest BCUT2D eigenvalue weighted by molar-refractivity contribution is 7.89. The summed E-state index contributed by atoms with van der Waals surface area (Å²) < 4.78 is 27.4. The van der Waals surface area contributed by atoms with Crippen LogP contribution in [-0.4, -0.2) is 31.7 Å². The summed E-state index contributed by atoms with van der Waals surface area (Å²) in [4.78, 5) is 13.2. The molecule has 5 nitrogen and oxygen atoms in total. The molecule has 0 spiro atoms. The Kier molecular flexibility index (Phi) is 5.25. The molecule has 0 radical (unpaired) electrons. The second kappa shape index (κ2) is 7.68. The summed E-state index contributed by atoms with van der Waals surface area (Å²) in [6, 6.07) is 15.1. The average molecular weight is 399 g/mol. The normalized spacial score (nSPS) is 22.6. The van der Waals surface area contributed by atoms with E-state index in [1.807, 2.05) is 19.1 Å². The third-order valence-electron chi connectivity index (χ3n) is 5.86. The van der Waals surface area contributed by atoms with Gasteiger partial charge in [-0.25, -0.2) is 8.42 Å². The van der Waals surface area contributed by atoms with E-state index >= 15 is 0 Å². The molecule has 148 valence electrons. The Hall–Kier alpha value is -2.18. The average Bonchev–Trinajstić information content (AvgIpc) is 3.11. The highest BCUT2D eigenvalue weighted by atomic mass is 32.2. The van der Waals surface area contributed by atoms with Gasteiger partial charge in [-0.15, -0.1) is 0 Å². The van der Waals surface area contributed by atoms with Gasteiger partial charge in [-0.3, -0.25) is 4.79 Å². The van der Waals surface area contributed by atoms with E-state index in [9.17, 15) is 13.2 Å². The van der Waals surface area contributed by atoms with E-state index in [1.54, 1.807) is 24.3 Å². The molecule has 28 heavy (non-hydrogen) atoms. The van der Waals surface area contributed by atoms with Gasteiger partial charge in [0, 0.05) is 13.1 Å². The van der Waals surface area contributed by atoms with Crippen LogP contribution in [0.15, 0.2) is 53.4 Å². The summed E-state index contributed by atoms with van der Waals surface area (Å²) in [7, 11) is -3.57. The van der Waals surface area contributed by atoms with Crippen molar-refractivity contribution in [3.8, 4) is 0 Å². The first-order valence-corrected chi connectivity index (χ1v) is 11.3. The van der Waals surface area contributed by atoms with Crippen LogP contribution in [0.2, 0.25) is 0 Å². The van der Waals surface area contributed by atoms with Crippen LogP contribution in [0.5, 0.6) is 0 Å². The minimum Gasteiger partial charge on any atom is -0.349 e. The third-order valence-corrected chi connectivity index (χ3v) is 7.74. The number of carbonyl (C=O) groups excluding carboxylic acids is 1. The fourth-order valence-corrected chi connectivity index (χ4v) is 5.75. The van der Waals surface area contributed by atoms with Gasteiger partial charge in [0.25, 0.3) is 0 Å². The number of piperidine rings is 1. The molecule has 1 amide bonds. The van der Waals surface area contributed by atoms with Gasteiger partial charge in [-0.2, -0.15) is 4.31 Å². The van der Waals surface area contributed by atoms with Crippen molar-refractivity contribution in [1.82, 2.24) is 9.62 Å². The molecule has 2 aromatic carbocycles. The maximum absolute atomic E-state index is 13.0. The van der Waals surface area contributed by atoms with Crippen molar-refractivity contribution in [3.05, 3.63) is 65.2 Å². The molecule has 1 heterocycles. The smallest absolute Gasteiger partial charge is 0.243 e. The Bertz CT molecular complexity index is 970. The quantitative estimate of drug-likeness (QED) is 0.860. The SMILES string of the molecule is Cc1ccc(S(=O)(=O)N2CCC[C@@H](C(=O)N[C@@H]3CCc4ccccc43)C2)cc1. The van der Waals surface area contributed by atoms with Gasteiger partial charge in [0.05, 0.1) is 16.9 Å². The summed E-state index contributed by atoms with van der Waals surface area (Å²) >= 11 is 0. The topological polar surface area (TPSA) is 66.5 Å². The second-order valence-corrected chi connectivity index (χ2v) is 9.75. The molecule has 1 fully saturated rings. The van der Waals surface area contributed by atoms with Gasteiger partial charge in [0.1, 0.15) is 0 Å². The summed E-state index contributed by atoms with van der Waals surface area (Å²) in [6.07, 6.45) is 3.30. The lowest BCUT2D eigenvalue weighted by molar-refractivity contribution is -0.126. The van der Waals surface area contributed by atoms with E-state index in [4.69, 9.17) is 0 Å². The number of hydrogen-bond acceptors (Lipinski definition) is 3. The Morgan fingerprint density at radius 3 is 2.61 bits per heavy atom. The van der Waals surface area contributed by atoms with Crippen molar-refractivity contribution in [3.63, 3.8) is 0 Å². The maximum Gasteiger partial charge on any atom is 0.243 e. The molecule has 0 aromatic heterocycles. The van der Waals surface area contributed by atoms with Crippen LogP contribution >= 0.6 is 0 Å². The molecule has 1 aliphatic heterocycles. The molecule has 2 aliphatic rings. The predicted octanol–water partition coefficient (Wildman–Crippen LogP) is 3.20. The molecule has 1 saturated heterocycles. The zero-order chi connectivity index (χ0) is 19.7. The van der Waals surface area contributed by atoms with Crippen LogP contribution in [0.1, 0.15) is 42.0 Å². The monoisotopic (exact) mass is 398 g/mol. The number of nitrogens with zero attached hydrogens (tertiary/aromatic N) is 1. The van der Waals surface area contributed by atoms with Crippen LogP contribution in [-0.2, 0) is 21.2 Å². The van der Waals surface area contributed by atoms with Crippen molar-refractivity contribution in [2.45, 2.75) is 43.5 Å². The van der Waals surface area contributed by atoms with Crippen LogP contribution in [0.3, 0.4) is 0 Å². The second-order valence-electron chi connectivity index (χ2n) is 7.81. The van der Waals surface area contributed by atoms with Crippen molar-refractivity contribution in [2.24, 2.45) is 5.92 Å². The lowest BCUT2D eigenvalue weighted by atomic mass is 9.98. The van der Waals surface area contributed by atoms with Gasteiger partial charge in [0.2, 0.25) is 15.9 Å². The van der Waals surface area contributed by atoms with Crippen molar-refractivity contribution in [2.75, 3.05) is 13.1 Å². The van der Waals surface area contributed by atoms with Gasteiger partial charge >= 0.3 is 0 Å². The van der Waals surface area contributed by atoms with E-state index in [1.165, 1.54) is 15.4 Å². The third kappa shape index (κ3) is 3.71. The lowest BCUT2D eigenvalue weighted by Crippen LogP contribution is -2.45. The largest absolute Gasteiger partial charge is 0.349 e. The van der Waals surface area contributed by atoms with Gasteiger partial charge < -0.3 is 5.32 Å². The Morgan fingerprint density at radius 2 is 1.82 bits per heavy atom. The van der Waals surface area contributed by atoms with Gasteiger partial charge in [0.15, 0.2) is 0 Å². The van der Waals surface area contributed by atoms with Crippen molar-refractivity contribution >= 4 is 15.9 Å². The molecular weight excluding hydrogens is 372 g/mol. The molecule has 1 N–H and O–H groups in total. The Balaban J connectivity index is 1.45. The molecule has 4 rings (SSSR count). The number of benzene rings is 2. The minimum atomic E-state index is -3.57. The minimum absolute atomic E-state index is 0.0350. The highest BCUT2D eigenvalue weighted by Gasteiger charge is 2.34. The number of aryl methyl sites for hydroxylation is 2. The standard InChI is InChI=1S/C22H26N2O3S/c1-16-8-11-19(12-9-16)28(26,27)24-14-4-6-18(15-24)22(25)23-21-13-10-17-5-2-3-7-20(17)21/h2-3,5,7-9,11-12,18,21H,4,6,10,13-15H2,1H3,(H,23,25)/t18-,21-/m1/s1. The first-order chi connectivity index (χ1) is 13.4. The molecule has 2 atom stereocenters. The lowest BCUT2D eigenvalue weighted by Gasteiger charge is -2.32. The molecular formula is C22H26N2O3S. The van der Waals surface area contributed by atoms with Crippen LogP contribution in [0, 0.1) is 12.8 Å². The summed E-state index contributed by atoms with van der Waals surface area (Å²) in [5.41, 5.74) is 3.50. The van der Waals surface area contributed by atoms with E-state index in [0.717, 1.165) is 24.8 Å². The predicted molar refractivity (Wildman–Crippen MR) is 108 cm³/mol. The highest BCUT2D eigenvalue weighted by Crippen LogP contribution is 2.32. The summed E-state index contributed by atoms with van der Waals surface area (Å²) in [5.74, 6) is -0.341. The fourth-order valence-electron chi connectivity index (χ4n) is 4.23. The first kappa shape index (κ1) is 19.2. The Labute approximate surface area is 166 Å². The van der Waals surface area contributed by atoms with Crippen LogP contribution < -0.4 is 5.32 Å². The number of carbonyl (C=O) groups is 1. The summed E-state index contributed by atoms with van der Waals surface area (Å²) in [6.45, 7) is 2.64. The van der Waals surface area contributed by atoms with Gasteiger partial charge in [-0.1, -0.05) is 42.0 Å². The number of nitrogens with one attached hydrogen (secondary N) is 1. The van der Waals surface area contributed by atoms with E-state index in [-0.39, 0.29) is 24.4 Å². The number of hydrogen-bond donors (Lipinski definition) is 1. The maximum atomic E-state index is 13.0. The van der Waals surface area contributed by atoms with Gasteiger partial charge in [-0.05, 0) is 55.9 Å². The van der Waals surface area contributed by atoms with E-state index < -0.39 is 10.0 Å². The number of fused-ring (bicyclic) bond motifs is 1. The molecule has 6 heteroatoms.